The van der Waals surface area contributed by atoms with E-state index in [1.807, 2.05) is 30.3 Å². The Bertz CT molecular complexity index is 829. The van der Waals surface area contributed by atoms with Gasteiger partial charge in [0.2, 0.25) is 0 Å². The molecular formula is C20H21Cl2NO4. The first-order valence-corrected chi connectivity index (χ1v) is 9.07. The number of carboxylic acids is 1. The molecule has 1 atom stereocenters. The molecule has 7 heteroatoms. The van der Waals surface area contributed by atoms with Gasteiger partial charge in [-0.1, -0.05) is 53.5 Å². The number of hydrogen-bond donors (Lipinski definition) is 2. The summed E-state index contributed by atoms with van der Waals surface area (Å²) >= 11 is 12.0. The first-order chi connectivity index (χ1) is 12.5. The zero-order chi connectivity index (χ0) is 20.2. The van der Waals surface area contributed by atoms with E-state index in [1.54, 1.807) is 32.9 Å². The number of carbonyl (C=O) groups is 2. The van der Waals surface area contributed by atoms with Crippen LogP contribution in [0.1, 0.15) is 26.3 Å². The second-order valence-electron chi connectivity index (χ2n) is 7.07. The Morgan fingerprint density at radius 2 is 1.63 bits per heavy atom. The van der Waals surface area contributed by atoms with Gasteiger partial charge >= 0.3 is 12.1 Å². The van der Waals surface area contributed by atoms with Crippen LogP contribution in [0.5, 0.6) is 0 Å². The predicted octanol–water partition coefficient (Wildman–Crippen LogP) is 5.18. The summed E-state index contributed by atoms with van der Waals surface area (Å²) in [5.74, 6) is -1.13. The van der Waals surface area contributed by atoms with Crippen LogP contribution in [0.25, 0.3) is 11.1 Å². The second-order valence-corrected chi connectivity index (χ2v) is 7.88. The third-order valence-electron chi connectivity index (χ3n) is 3.64. The number of rotatable bonds is 5. The van der Waals surface area contributed by atoms with Crippen LogP contribution < -0.4 is 5.32 Å². The standard InChI is InChI=1S/C20H21Cl2NO4/c1-20(2,3)27-19(26)23-17(18(24)25)10-12-4-6-13(7-5-12)14-8-9-15(21)16(22)11-14/h4-9,11,17H,10H2,1-3H3,(H,23,26)(H,24,25). The summed E-state index contributed by atoms with van der Waals surface area (Å²) in [6.45, 7) is 5.14. The Hall–Kier alpha value is -2.24. The lowest BCUT2D eigenvalue weighted by molar-refractivity contribution is -0.139. The van der Waals surface area contributed by atoms with Gasteiger partial charge in [-0.25, -0.2) is 9.59 Å². The molecule has 0 spiro atoms. The first-order valence-electron chi connectivity index (χ1n) is 8.32. The average Bonchev–Trinajstić information content (AvgIpc) is 2.55. The number of carbonyl (C=O) groups excluding carboxylic acids is 1. The third-order valence-corrected chi connectivity index (χ3v) is 4.37. The zero-order valence-corrected chi connectivity index (χ0v) is 16.8. The fraction of sp³-hybridized carbons (Fsp3) is 0.300. The van der Waals surface area contributed by atoms with E-state index in [4.69, 9.17) is 27.9 Å². The van der Waals surface area contributed by atoms with E-state index < -0.39 is 23.7 Å². The number of amides is 1. The van der Waals surface area contributed by atoms with Crippen LogP contribution in [0.2, 0.25) is 10.0 Å². The summed E-state index contributed by atoms with van der Waals surface area (Å²) in [7, 11) is 0. The van der Waals surface area contributed by atoms with Crippen LogP contribution in [-0.2, 0) is 16.0 Å². The Morgan fingerprint density at radius 3 is 2.15 bits per heavy atom. The van der Waals surface area contributed by atoms with Crippen LogP contribution in [0.15, 0.2) is 42.5 Å². The van der Waals surface area contributed by atoms with Crippen molar-refractivity contribution in [3.63, 3.8) is 0 Å². The van der Waals surface area contributed by atoms with Crippen LogP contribution in [0.4, 0.5) is 4.79 Å². The molecule has 144 valence electrons. The van der Waals surface area contributed by atoms with Gasteiger partial charge in [-0.3, -0.25) is 0 Å². The summed E-state index contributed by atoms with van der Waals surface area (Å²) in [6.07, 6.45) is -0.627. The predicted molar refractivity (Wildman–Crippen MR) is 106 cm³/mol. The number of benzene rings is 2. The van der Waals surface area contributed by atoms with E-state index in [9.17, 15) is 14.7 Å². The molecule has 0 saturated carbocycles. The van der Waals surface area contributed by atoms with Gasteiger partial charge < -0.3 is 15.2 Å². The van der Waals surface area contributed by atoms with E-state index in [0.29, 0.717) is 10.0 Å². The minimum absolute atomic E-state index is 0.135. The molecule has 0 heterocycles. The summed E-state index contributed by atoms with van der Waals surface area (Å²) in [4.78, 5) is 23.3. The van der Waals surface area contributed by atoms with Gasteiger partial charge in [0.15, 0.2) is 0 Å². The molecule has 2 N–H and O–H groups in total. The molecule has 1 amide bonds. The maximum Gasteiger partial charge on any atom is 0.408 e. The quantitative estimate of drug-likeness (QED) is 0.712. The smallest absolute Gasteiger partial charge is 0.408 e. The van der Waals surface area contributed by atoms with Crippen LogP contribution in [-0.4, -0.2) is 28.8 Å². The monoisotopic (exact) mass is 409 g/mol. The van der Waals surface area contributed by atoms with Gasteiger partial charge in [0.25, 0.3) is 0 Å². The van der Waals surface area contributed by atoms with Crippen LogP contribution in [0, 0.1) is 0 Å². The van der Waals surface area contributed by atoms with Crippen molar-refractivity contribution in [3.05, 3.63) is 58.1 Å². The molecule has 2 aromatic rings. The van der Waals surface area contributed by atoms with Crippen molar-refractivity contribution in [2.75, 3.05) is 0 Å². The van der Waals surface area contributed by atoms with E-state index in [1.165, 1.54) is 0 Å². The minimum Gasteiger partial charge on any atom is -0.480 e. The highest BCUT2D eigenvalue weighted by molar-refractivity contribution is 6.42. The number of hydrogen-bond acceptors (Lipinski definition) is 3. The van der Waals surface area contributed by atoms with Crippen molar-refractivity contribution in [1.82, 2.24) is 5.32 Å². The number of alkyl carbamates (subject to hydrolysis) is 1. The minimum atomic E-state index is -1.13. The molecule has 0 aromatic heterocycles. The zero-order valence-electron chi connectivity index (χ0n) is 15.3. The topological polar surface area (TPSA) is 75.6 Å². The van der Waals surface area contributed by atoms with Crippen LogP contribution in [0.3, 0.4) is 0 Å². The van der Waals surface area contributed by atoms with Gasteiger partial charge in [0, 0.05) is 6.42 Å². The summed E-state index contributed by atoms with van der Waals surface area (Å²) in [6, 6.07) is 11.6. The molecule has 0 aliphatic carbocycles. The van der Waals surface area contributed by atoms with E-state index in [-0.39, 0.29) is 6.42 Å². The second kappa shape index (κ2) is 8.63. The first kappa shape index (κ1) is 21.1. The maximum absolute atomic E-state index is 11.8. The molecule has 0 radical (unpaired) electrons. The molecular weight excluding hydrogens is 389 g/mol. The van der Waals surface area contributed by atoms with Crippen molar-refractivity contribution in [1.29, 1.82) is 0 Å². The van der Waals surface area contributed by atoms with Crippen LogP contribution >= 0.6 is 23.2 Å². The number of carboxylic acid groups (broad SMARTS) is 1. The van der Waals surface area contributed by atoms with Crippen molar-refractivity contribution < 1.29 is 19.4 Å². The molecule has 2 aromatic carbocycles. The third kappa shape index (κ3) is 6.45. The molecule has 0 saturated heterocycles. The molecule has 0 aliphatic rings. The molecule has 0 fully saturated rings. The fourth-order valence-corrected chi connectivity index (χ4v) is 2.69. The van der Waals surface area contributed by atoms with Crippen molar-refractivity contribution in [3.8, 4) is 11.1 Å². The molecule has 27 heavy (non-hydrogen) atoms. The highest BCUT2D eigenvalue weighted by Gasteiger charge is 2.24. The van der Waals surface area contributed by atoms with Gasteiger partial charge in [-0.2, -0.15) is 0 Å². The lowest BCUT2D eigenvalue weighted by atomic mass is 10.0. The number of ether oxygens (including phenoxy) is 1. The average molecular weight is 410 g/mol. The SMILES string of the molecule is CC(C)(C)OC(=O)NC(Cc1ccc(-c2ccc(Cl)c(Cl)c2)cc1)C(=O)O. The van der Waals surface area contributed by atoms with Crippen molar-refractivity contribution >= 4 is 35.3 Å². The molecule has 0 bridgehead atoms. The normalized spacial score (nSPS) is 12.3. The highest BCUT2D eigenvalue weighted by Crippen LogP contribution is 2.28. The number of halogens is 2. The van der Waals surface area contributed by atoms with E-state index >= 15 is 0 Å². The molecule has 1 unspecified atom stereocenters. The Balaban J connectivity index is 2.09. The summed E-state index contributed by atoms with van der Waals surface area (Å²) in [5, 5.41) is 12.7. The summed E-state index contributed by atoms with van der Waals surface area (Å²) in [5.41, 5.74) is 1.89. The lowest BCUT2D eigenvalue weighted by Gasteiger charge is -2.22. The van der Waals surface area contributed by atoms with Gasteiger partial charge in [0.1, 0.15) is 11.6 Å². The Labute approximate surface area is 168 Å². The molecule has 0 aliphatic heterocycles. The van der Waals surface area contributed by atoms with Gasteiger partial charge in [-0.15, -0.1) is 0 Å². The largest absolute Gasteiger partial charge is 0.480 e. The van der Waals surface area contributed by atoms with Gasteiger partial charge in [-0.05, 0) is 49.6 Å². The number of nitrogens with one attached hydrogen (secondary N) is 1. The van der Waals surface area contributed by atoms with Crippen molar-refractivity contribution in [2.45, 2.75) is 38.8 Å². The summed E-state index contributed by atoms with van der Waals surface area (Å²) < 4.78 is 5.12. The Morgan fingerprint density at radius 1 is 1.04 bits per heavy atom. The van der Waals surface area contributed by atoms with E-state index in [0.717, 1.165) is 16.7 Å². The molecule has 2 rings (SSSR count). The maximum atomic E-state index is 11.8. The Kier molecular flexibility index (Phi) is 6.73. The fourth-order valence-electron chi connectivity index (χ4n) is 2.39. The highest BCUT2D eigenvalue weighted by atomic mass is 35.5. The lowest BCUT2D eigenvalue weighted by Crippen LogP contribution is -2.44. The number of aliphatic carboxylic acids is 1. The van der Waals surface area contributed by atoms with E-state index in [2.05, 4.69) is 5.32 Å². The van der Waals surface area contributed by atoms with Gasteiger partial charge in [0.05, 0.1) is 10.0 Å². The molecule has 5 nitrogen and oxygen atoms in total. The van der Waals surface area contributed by atoms with Crippen molar-refractivity contribution in [2.24, 2.45) is 0 Å².